The number of benzene rings is 2. The van der Waals surface area contributed by atoms with Crippen LogP contribution in [0.15, 0.2) is 90.7 Å². The van der Waals surface area contributed by atoms with Gasteiger partial charge in [0.1, 0.15) is 15.7 Å². The van der Waals surface area contributed by atoms with Crippen LogP contribution in [0.3, 0.4) is 0 Å². The number of aromatic hydroxyl groups is 1. The summed E-state index contributed by atoms with van der Waals surface area (Å²) in [7, 11) is -2.49. The molecule has 27 heteroatoms. The van der Waals surface area contributed by atoms with Crippen LogP contribution in [0.4, 0.5) is 5.69 Å². The Labute approximate surface area is 472 Å². The molecule has 2 aliphatic rings. The average molecular weight is 948 g/mol. The molecule has 5 rings (SSSR count). The van der Waals surface area contributed by atoms with Gasteiger partial charge in [0.05, 0.1) is 45.9 Å². The van der Waals surface area contributed by atoms with E-state index in [1.807, 2.05) is 0 Å². The van der Waals surface area contributed by atoms with Crippen LogP contribution in [0.5, 0.6) is 5.88 Å². The SMILES string of the molecule is CN=COC1=NN(c2cc(SOO[O-])ccc2C)C(=O)/C1=C\C=C(C=Cc1c(C(=O)NC)nn(-c2cc(SOO[O-])ccc2S(=O)(=O)[O-])c1O)N1CCCC1=O.[K+].[K+].[K+]. The summed E-state index contributed by atoms with van der Waals surface area (Å²) in [5.41, 5.74) is -0.180. The molecular formula is C32H28K3N7O14S3. The number of rotatable bonds is 15. The Bertz CT molecular complexity index is 2310. The van der Waals surface area contributed by atoms with E-state index in [0.29, 0.717) is 51.3 Å². The number of aryl methyl sites for hydroxylation is 1. The molecule has 1 aromatic heterocycles. The van der Waals surface area contributed by atoms with Gasteiger partial charge in [-0.3, -0.25) is 29.5 Å². The zero-order chi connectivity index (χ0) is 40.6. The molecule has 0 radical (unpaired) electrons. The molecule has 2 aromatic carbocycles. The van der Waals surface area contributed by atoms with Crippen LogP contribution >= 0.6 is 24.1 Å². The van der Waals surface area contributed by atoms with Gasteiger partial charge in [-0.1, -0.05) is 6.07 Å². The molecule has 21 nitrogen and oxygen atoms in total. The second-order valence-corrected chi connectivity index (χ2v) is 14.1. The van der Waals surface area contributed by atoms with E-state index in [0.717, 1.165) is 29.6 Å². The number of amides is 3. The molecular weight excluding hydrogens is 920 g/mol. The smallest absolute Gasteiger partial charge is 0.744 e. The zero-order valence-corrected chi connectivity index (χ0v) is 44.0. The van der Waals surface area contributed by atoms with Crippen LogP contribution in [-0.2, 0) is 43.2 Å². The number of hydrogen-bond donors (Lipinski definition) is 2. The third kappa shape index (κ3) is 13.7. The van der Waals surface area contributed by atoms with Gasteiger partial charge in [0.25, 0.3) is 17.7 Å². The number of hydrazone groups is 1. The maximum atomic E-state index is 13.8. The molecule has 3 heterocycles. The number of nitrogens with zero attached hydrogens (tertiary/aromatic N) is 6. The van der Waals surface area contributed by atoms with E-state index < -0.39 is 44.1 Å². The summed E-state index contributed by atoms with van der Waals surface area (Å²) in [5, 5.41) is 50.7. The predicted molar refractivity (Wildman–Crippen MR) is 190 cm³/mol. The summed E-state index contributed by atoms with van der Waals surface area (Å²) in [6, 6.07) is 7.86. The van der Waals surface area contributed by atoms with Crippen molar-refractivity contribution in [3.05, 3.63) is 82.7 Å². The Kier molecular flexibility index (Phi) is 23.8. The van der Waals surface area contributed by atoms with Gasteiger partial charge < -0.3 is 35.1 Å². The predicted octanol–water partition coefficient (Wildman–Crippen LogP) is -7.90. The summed E-state index contributed by atoms with van der Waals surface area (Å²) >= 11 is 0.965. The third-order valence-corrected chi connectivity index (χ3v) is 9.86. The number of allylic oxidation sites excluding steroid dienone is 3. The third-order valence-electron chi connectivity index (χ3n) is 7.83. The maximum Gasteiger partial charge on any atom is 1.00 e. The molecule has 0 unspecified atom stereocenters. The number of ether oxygens (including phenoxy) is 1. The molecule has 0 atom stereocenters. The van der Waals surface area contributed by atoms with Gasteiger partial charge >= 0.3 is 154 Å². The van der Waals surface area contributed by atoms with E-state index in [9.17, 15) is 43.0 Å². The van der Waals surface area contributed by atoms with Crippen molar-refractivity contribution in [1.82, 2.24) is 20.0 Å². The van der Waals surface area contributed by atoms with Crippen molar-refractivity contribution < 1.29 is 221 Å². The van der Waals surface area contributed by atoms with Gasteiger partial charge in [-0.15, -0.1) is 5.10 Å². The van der Waals surface area contributed by atoms with Gasteiger partial charge in [0.15, 0.2) is 12.1 Å². The topological polar surface area (TPSA) is 282 Å². The van der Waals surface area contributed by atoms with E-state index >= 15 is 0 Å². The van der Waals surface area contributed by atoms with Crippen molar-refractivity contribution in [3.8, 4) is 11.6 Å². The number of aliphatic imine (C=N–C) groups is 1. The molecule has 296 valence electrons. The van der Waals surface area contributed by atoms with Gasteiger partial charge in [-0.05, 0) is 73.5 Å². The molecule has 2 aliphatic heterocycles. The van der Waals surface area contributed by atoms with Gasteiger partial charge in [-0.2, -0.15) is 23.5 Å². The Morgan fingerprint density at radius 2 is 1.68 bits per heavy atom. The monoisotopic (exact) mass is 947 g/mol. The summed E-state index contributed by atoms with van der Waals surface area (Å²) in [6.07, 6.45) is 7.04. The van der Waals surface area contributed by atoms with Crippen LogP contribution in [0.1, 0.15) is 34.5 Å². The second-order valence-electron chi connectivity index (χ2n) is 11.2. The van der Waals surface area contributed by atoms with Gasteiger partial charge in [0, 0.05) is 42.5 Å². The summed E-state index contributed by atoms with van der Waals surface area (Å²) in [4.78, 5) is 44.6. The Morgan fingerprint density at radius 3 is 2.25 bits per heavy atom. The minimum atomic E-state index is -5.19. The molecule has 3 aromatic rings. The van der Waals surface area contributed by atoms with Gasteiger partial charge in [-0.25, -0.2) is 8.42 Å². The van der Waals surface area contributed by atoms with Crippen LogP contribution in [0, 0.1) is 6.92 Å². The second kappa shape index (κ2) is 25.7. The molecule has 59 heavy (non-hydrogen) atoms. The van der Waals surface area contributed by atoms with Crippen molar-refractivity contribution in [2.24, 2.45) is 10.1 Å². The first-order chi connectivity index (χ1) is 26.8. The fourth-order valence-corrected chi connectivity index (χ4v) is 6.73. The van der Waals surface area contributed by atoms with Crippen LogP contribution in [0.25, 0.3) is 11.8 Å². The molecule has 2 N–H and O–H groups in total. The molecule has 1 fully saturated rings. The van der Waals surface area contributed by atoms with Crippen LogP contribution < -0.4 is 175 Å². The quantitative estimate of drug-likeness (QED) is 0.0165. The van der Waals surface area contributed by atoms with Crippen molar-refractivity contribution in [2.75, 3.05) is 25.6 Å². The molecule has 0 saturated carbocycles. The average Bonchev–Trinajstić information content (AvgIpc) is 3.85. The summed E-state index contributed by atoms with van der Waals surface area (Å²) < 4.78 is 51.4. The van der Waals surface area contributed by atoms with Crippen molar-refractivity contribution in [1.29, 1.82) is 0 Å². The zero-order valence-electron chi connectivity index (χ0n) is 32.1. The van der Waals surface area contributed by atoms with E-state index in [-0.39, 0.29) is 201 Å². The Hall–Kier alpha value is -0.501. The molecule has 0 aliphatic carbocycles. The minimum absolute atomic E-state index is 0. The van der Waals surface area contributed by atoms with Crippen LogP contribution in [0.2, 0.25) is 0 Å². The van der Waals surface area contributed by atoms with E-state index in [1.165, 1.54) is 49.4 Å². The van der Waals surface area contributed by atoms with Gasteiger partial charge in [0.2, 0.25) is 11.8 Å². The number of nitrogens with one attached hydrogen (secondary N) is 1. The summed E-state index contributed by atoms with van der Waals surface area (Å²) in [5.74, 6) is -2.74. The standard InChI is InChI=1S/C32H31N7O14S3.3K/c1-18-6-9-20(54-52-50-44)15-24(18)38-32(43)23(30(36-38)49-17-33-2)12-8-19(37-14-4-5-27(37)40)7-11-22-28(29(41)34-3)35-39(31(22)42)25-16-21(55-53-51-45)10-13-26(25)56(46,47)48;;;/h6-13,15-17,42,44-45H,4-5,14H2,1-3H3,(H,34,41)(H,46,47,48);;;/q;3*+1/p-3/b11-7?,19-8?,23-12-,33-17?;;;. The molecule has 0 bridgehead atoms. The number of hydrogen-bond acceptors (Lipinski definition) is 19. The first-order valence-electron chi connectivity index (χ1n) is 15.7. The molecule has 3 amide bonds. The van der Waals surface area contributed by atoms with E-state index in [1.54, 1.807) is 19.1 Å². The van der Waals surface area contributed by atoms with Crippen LogP contribution in [-0.4, -0.2) is 83.4 Å². The molecule has 0 spiro atoms. The number of carbonyl (C=O) groups is 3. The number of likely N-dealkylation sites (tertiary alicyclic amines) is 1. The van der Waals surface area contributed by atoms with Crippen molar-refractivity contribution in [2.45, 2.75) is 34.5 Å². The maximum absolute atomic E-state index is 13.8. The minimum Gasteiger partial charge on any atom is -0.744 e. The van der Waals surface area contributed by atoms with Crippen molar-refractivity contribution in [3.63, 3.8) is 0 Å². The number of aromatic nitrogens is 2. The first-order valence-corrected chi connectivity index (χ1v) is 18.6. The number of anilines is 1. The van der Waals surface area contributed by atoms with E-state index in [4.69, 9.17) is 4.74 Å². The Balaban J connectivity index is 0.00000400. The first kappa shape index (κ1) is 54.6. The number of carbonyl (C=O) groups excluding carboxylic acids is 3. The normalized spacial score (nSPS) is 15.1. The fraction of sp³-hybridized carbons (Fsp3) is 0.188. The van der Waals surface area contributed by atoms with E-state index in [2.05, 4.69) is 39.3 Å². The van der Waals surface area contributed by atoms with Crippen molar-refractivity contribution >= 4 is 76.0 Å². The Morgan fingerprint density at radius 1 is 1.03 bits per heavy atom. The fourth-order valence-electron chi connectivity index (χ4n) is 5.32. The summed E-state index contributed by atoms with van der Waals surface area (Å²) in [6.45, 7) is 1.98. The largest absolute Gasteiger partial charge is 1.00 e. The molecule has 1 saturated heterocycles.